The first-order valence-electron chi connectivity index (χ1n) is 9.03. The van der Waals surface area contributed by atoms with Gasteiger partial charge in [-0.15, -0.1) is 0 Å². The largest absolute Gasteiger partial charge is 0.460 e. The standard InChI is InChI=1S/C20H20N2O6/c1-26-9-10-27-18(24)16-17(21)28-14-8-4-7-13(23)15(14)20(16)11-5-2-3-6-12(11)22-19(20)25/h2-3,5-6H,4,7-10,21H2,1H3,(H,22,25). The van der Waals surface area contributed by atoms with Crippen LogP contribution in [0.3, 0.4) is 0 Å². The van der Waals surface area contributed by atoms with E-state index in [1.807, 2.05) is 0 Å². The van der Waals surface area contributed by atoms with E-state index in [1.54, 1.807) is 24.3 Å². The summed E-state index contributed by atoms with van der Waals surface area (Å²) in [5, 5.41) is 2.78. The molecular formula is C20H20N2O6. The number of Topliss-reactive ketones (excluding diaryl/α,β-unsaturated/α-hetero) is 1. The average Bonchev–Trinajstić information content (AvgIpc) is 2.94. The highest BCUT2D eigenvalue weighted by Gasteiger charge is 2.61. The van der Waals surface area contributed by atoms with Crippen LogP contribution in [0.15, 0.2) is 47.1 Å². The Morgan fingerprint density at radius 1 is 1.25 bits per heavy atom. The maximum Gasteiger partial charge on any atom is 0.341 e. The third-order valence-electron chi connectivity index (χ3n) is 5.24. The van der Waals surface area contributed by atoms with Crippen molar-refractivity contribution in [3.8, 4) is 0 Å². The van der Waals surface area contributed by atoms with Crippen LogP contribution in [0.5, 0.6) is 0 Å². The number of para-hydroxylation sites is 1. The number of fused-ring (bicyclic) bond motifs is 3. The fourth-order valence-corrected chi connectivity index (χ4v) is 4.13. The zero-order valence-corrected chi connectivity index (χ0v) is 15.4. The first-order valence-corrected chi connectivity index (χ1v) is 9.03. The van der Waals surface area contributed by atoms with E-state index in [2.05, 4.69) is 5.32 Å². The number of esters is 1. The second kappa shape index (κ2) is 6.79. The summed E-state index contributed by atoms with van der Waals surface area (Å²) < 4.78 is 15.8. The van der Waals surface area contributed by atoms with Crippen molar-refractivity contribution in [1.29, 1.82) is 0 Å². The number of carbonyl (C=O) groups excluding carboxylic acids is 3. The maximum atomic E-state index is 13.3. The molecule has 4 rings (SSSR count). The first kappa shape index (κ1) is 18.2. The Bertz CT molecular complexity index is 948. The molecule has 1 spiro atoms. The molecule has 0 saturated carbocycles. The van der Waals surface area contributed by atoms with E-state index < -0.39 is 17.3 Å². The van der Waals surface area contributed by atoms with Crippen molar-refractivity contribution in [2.75, 3.05) is 25.6 Å². The number of ether oxygens (including phenoxy) is 3. The molecule has 0 fully saturated rings. The number of nitrogens with two attached hydrogens (primary N) is 1. The highest BCUT2D eigenvalue weighted by molar-refractivity contribution is 6.22. The molecule has 8 nitrogen and oxygen atoms in total. The molecule has 2 heterocycles. The molecule has 3 N–H and O–H groups in total. The van der Waals surface area contributed by atoms with E-state index in [1.165, 1.54) is 7.11 Å². The third kappa shape index (κ3) is 2.45. The lowest BCUT2D eigenvalue weighted by molar-refractivity contribution is -0.142. The van der Waals surface area contributed by atoms with Crippen molar-refractivity contribution in [3.63, 3.8) is 0 Å². The van der Waals surface area contributed by atoms with Gasteiger partial charge in [-0.1, -0.05) is 18.2 Å². The summed E-state index contributed by atoms with van der Waals surface area (Å²) in [6.07, 6.45) is 1.33. The van der Waals surface area contributed by atoms with E-state index in [9.17, 15) is 14.4 Å². The summed E-state index contributed by atoms with van der Waals surface area (Å²) >= 11 is 0. The molecule has 1 unspecified atom stereocenters. The minimum Gasteiger partial charge on any atom is -0.460 e. The van der Waals surface area contributed by atoms with Gasteiger partial charge in [0, 0.05) is 31.2 Å². The second-order valence-corrected chi connectivity index (χ2v) is 6.79. The van der Waals surface area contributed by atoms with Crippen LogP contribution >= 0.6 is 0 Å². The van der Waals surface area contributed by atoms with E-state index in [4.69, 9.17) is 19.9 Å². The molecule has 0 bridgehead atoms. The lowest BCUT2D eigenvalue weighted by atomic mass is 9.65. The van der Waals surface area contributed by atoms with Gasteiger partial charge in [0.2, 0.25) is 11.8 Å². The fourth-order valence-electron chi connectivity index (χ4n) is 4.13. The van der Waals surface area contributed by atoms with Gasteiger partial charge in [-0.05, 0) is 12.5 Å². The van der Waals surface area contributed by atoms with Gasteiger partial charge in [-0.25, -0.2) is 4.79 Å². The summed E-state index contributed by atoms with van der Waals surface area (Å²) in [5.41, 5.74) is 5.46. The quantitative estimate of drug-likeness (QED) is 0.593. The van der Waals surface area contributed by atoms with Gasteiger partial charge in [0.15, 0.2) is 5.78 Å². The van der Waals surface area contributed by atoms with Gasteiger partial charge in [0.25, 0.3) is 0 Å². The van der Waals surface area contributed by atoms with E-state index in [0.29, 0.717) is 29.9 Å². The molecule has 8 heteroatoms. The van der Waals surface area contributed by atoms with Crippen LogP contribution in [0.2, 0.25) is 0 Å². The smallest absolute Gasteiger partial charge is 0.341 e. The van der Waals surface area contributed by atoms with Gasteiger partial charge in [0.1, 0.15) is 23.4 Å². The zero-order chi connectivity index (χ0) is 19.9. The minimum absolute atomic E-state index is 0.0225. The Labute approximate surface area is 161 Å². The molecular weight excluding hydrogens is 364 g/mol. The number of carbonyl (C=O) groups is 3. The van der Waals surface area contributed by atoms with E-state index in [-0.39, 0.29) is 42.4 Å². The Morgan fingerprint density at radius 2 is 2.04 bits per heavy atom. The average molecular weight is 384 g/mol. The predicted octanol–water partition coefficient (Wildman–Crippen LogP) is 1.27. The third-order valence-corrected chi connectivity index (χ3v) is 5.24. The number of methoxy groups -OCH3 is 1. The number of ketones is 1. The number of hydrogen-bond donors (Lipinski definition) is 2. The highest BCUT2D eigenvalue weighted by Crippen LogP contribution is 2.54. The summed E-state index contributed by atoms with van der Waals surface area (Å²) in [4.78, 5) is 39.2. The molecule has 0 saturated heterocycles. The summed E-state index contributed by atoms with van der Waals surface area (Å²) in [6, 6.07) is 6.93. The second-order valence-electron chi connectivity index (χ2n) is 6.79. The van der Waals surface area contributed by atoms with Crippen LogP contribution in [-0.2, 0) is 34.0 Å². The minimum atomic E-state index is -1.67. The molecule has 2 aliphatic heterocycles. The zero-order valence-electron chi connectivity index (χ0n) is 15.4. The number of amides is 1. The predicted molar refractivity (Wildman–Crippen MR) is 97.8 cm³/mol. The Balaban J connectivity index is 1.94. The SMILES string of the molecule is COCCOC(=O)C1=C(N)OC2=C(C(=O)CCC2)C12C(=O)Nc1ccccc12. The van der Waals surface area contributed by atoms with Gasteiger partial charge in [-0.2, -0.15) is 0 Å². The fraction of sp³-hybridized carbons (Fsp3) is 0.350. The Kier molecular flexibility index (Phi) is 4.43. The molecule has 1 aliphatic carbocycles. The Morgan fingerprint density at radius 3 is 2.82 bits per heavy atom. The van der Waals surface area contributed by atoms with Gasteiger partial charge >= 0.3 is 5.97 Å². The van der Waals surface area contributed by atoms with Crippen molar-refractivity contribution in [2.45, 2.75) is 24.7 Å². The summed E-state index contributed by atoms with van der Waals surface area (Å²) in [7, 11) is 1.48. The number of nitrogens with one attached hydrogen (secondary N) is 1. The van der Waals surface area contributed by atoms with Crippen LogP contribution in [0.1, 0.15) is 24.8 Å². The van der Waals surface area contributed by atoms with Crippen LogP contribution < -0.4 is 11.1 Å². The number of rotatable bonds is 4. The normalized spacial score (nSPS) is 23.3. The van der Waals surface area contributed by atoms with Crippen molar-refractivity contribution >= 4 is 23.3 Å². The monoisotopic (exact) mass is 384 g/mol. The van der Waals surface area contributed by atoms with E-state index in [0.717, 1.165) is 0 Å². The van der Waals surface area contributed by atoms with Crippen molar-refractivity contribution in [1.82, 2.24) is 0 Å². The number of hydrogen-bond acceptors (Lipinski definition) is 7. The van der Waals surface area contributed by atoms with Gasteiger partial charge in [0.05, 0.1) is 12.2 Å². The van der Waals surface area contributed by atoms with Crippen molar-refractivity contribution in [3.05, 3.63) is 52.6 Å². The molecule has 28 heavy (non-hydrogen) atoms. The van der Waals surface area contributed by atoms with Crippen molar-refractivity contribution < 1.29 is 28.6 Å². The molecule has 3 aliphatic rings. The van der Waals surface area contributed by atoms with Gasteiger partial charge in [-0.3, -0.25) is 9.59 Å². The maximum absolute atomic E-state index is 13.3. The molecule has 1 aromatic rings. The molecule has 0 aromatic heterocycles. The van der Waals surface area contributed by atoms with Crippen LogP contribution in [0, 0.1) is 0 Å². The Hall–Kier alpha value is -3.13. The van der Waals surface area contributed by atoms with E-state index >= 15 is 0 Å². The lowest BCUT2D eigenvalue weighted by Gasteiger charge is -2.38. The number of anilines is 1. The first-order chi connectivity index (χ1) is 13.5. The molecule has 1 amide bonds. The van der Waals surface area contributed by atoms with Crippen LogP contribution in [0.4, 0.5) is 5.69 Å². The van der Waals surface area contributed by atoms with Crippen LogP contribution in [0.25, 0.3) is 0 Å². The van der Waals surface area contributed by atoms with Crippen LogP contribution in [-0.4, -0.2) is 38.0 Å². The summed E-state index contributed by atoms with van der Waals surface area (Å²) in [6.45, 7) is 0.160. The molecule has 1 aromatic carbocycles. The topological polar surface area (TPSA) is 117 Å². The van der Waals surface area contributed by atoms with Gasteiger partial charge < -0.3 is 25.3 Å². The highest BCUT2D eigenvalue weighted by atomic mass is 16.6. The summed E-state index contributed by atoms with van der Waals surface area (Å²) in [5.74, 6) is -1.44. The molecule has 0 radical (unpaired) electrons. The number of allylic oxidation sites excluding steroid dienone is 1. The number of benzene rings is 1. The molecule has 146 valence electrons. The lowest BCUT2D eigenvalue weighted by Crippen LogP contribution is -2.49. The van der Waals surface area contributed by atoms with Crippen molar-refractivity contribution in [2.24, 2.45) is 5.73 Å². The molecule has 1 atom stereocenters.